The fourth-order valence-corrected chi connectivity index (χ4v) is 1.17. The Morgan fingerprint density at radius 3 is 2.15 bits per heavy atom. The van der Waals surface area contributed by atoms with Crippen molar-refractivity contribution in [3.8, 4) is 0 Å². The van der Waals surface area contributed by atoms with E-state index in [2.05, 4.69) is 4.74 Å². The molecule has 0 heterocycles. The number of esters is 1. The number of methoxy groups -OCH3 is 1. The molecule has 0 fully saturated rings. The quantitative estimate of drug-likeness (QED) is 0.434. The van der Waals surface area contributed by atoms with E-state index in [-0.39, 0.29) is 12.6 Å². The van der Waals surface area contributed by atoms with E-state index in [1.165, 1.54) is 7.11 Å². The summed E-state index contributed by atoms with van der Waals surface area (Å²) < 4.78 is 16.2. The summed E-state index contributed by atoms with van der Waals surface area (Å²) in [6.45, 7) is -0.206. The Balaban J connectivity index is 2.95. The summed E-state index contributed by atoms with van der Waals surface area (Å²) in [5.41, 5.74) is 0. The molecule has 0 aromatic heterocycles. The number of unbranched alkanes of at least 4 members (excludes halogenated alkanes) is 5. The molecule has 78 valence electrons. The molecule has 0 amide bonds. The normalized spacial score (nSPS) is 10.0. The minimum atomic E-state index is -0.206. The molecule has 0 aliphatic carbocycles. The van der Waals surface area contributed by atoms with Crippen LogP contribution < -0.4 is 0 Å². The van der Waals surface area contributed by atoms with Crippen LogP contribution >= 0.6 is 0 Å². The maximum atomic E-state index is 11.7. The average Bonchev–Trinajstić information content (AvgIpc) is 2.16. The molecule has 0 saturated heterocycles. The largest absolute Gasteiger partial charge is 0.469 e. The molecule has 0 aliphatic heterocycles. The smallest absolute Gasteiger partial charge is 0.305 e. The molecule has 0 unspecified atom stereocenters. The van der Waals surface area contributed by atoms with E-state index in [1.807, 2.05) is 0 Å². The summed E-state index contributed by atoms with van der Waals surface area (Å²) in [6, 6.07) is 0. The summed E-state index contributed by atoms with van der Waals surface area (Å²) in [4.78, 5) is 10.7. The van der Waals surface area contributed by atoms with E-state index in [0.717, 1.165) is 32.1 Å². The topological polar surface area (TPSA) is 26.3 Å². The van der Waals surface area contributed by atoms with Gasteiger partial charge in [-0.2, -0.15) is 0 Å². The van der Waals surface area contributed by atoms with Crippen LogP contribution in [0.4, 0.5) is 4.39 Å². The third-order valence-corrected chi connectivity index (χ3v) is 1.99. The van der Waals surface area contributed by atoms with Crippen LogP contribution in [0.1, 0.15) is 44.9 Å². The summed E-state index contributed by atoms with van der Waals surface area (Å²) in [7, 11) is 1.41. The summed E-state index contributed by atoms with van der Waals surface area (Å²) in [5, 5.41) is 0. The van der Waals surface area contributed by atoms with Gasteiger partial charge < -0.3 is 4.74 Å². The maximum Gasteiger partial charge on any atom is 0.305 e. The Morgan fingerprint density at radius 2 is 1.62 bits per heavy atom. The van der Waals surface area contributed by atoms with Gasteiger partial charge in [0.15, 0.2) is 0 Å². The molecule has 2 nitrogen and oxygen atoms in total. The monoisotopic (exact) mass is 190 g/mol. The molecule has 0 aromatic carbocycles. The summed E-state index contributed by atoms with van der Waals surface area (Å²) in [6.07, 6.45) is 6.26. The predicted molar refractivity (Wildman–Crippen MR) is 50.3 cm³/mol. The molecular formula is C10H19FO2. The van der Waals surface area contributed by atoms with Crippen LogP contribution in [0.15, 0.2) is 0 Å². The molecule has 0 atom stereocenters. The summed E-state index contributed by atoms with van der Waals surface area (Å²) in [5.74, 6) is -0.135. The lowest BCUT2D eigenvalue weighted by molar-refractivity contribution is -0.140. The number of alkyl halides is 1. The number of carbonyl (C=O) groups is 1. The van der Waals surface area contributed by atoms with Gasteiger partial charge in [-0.15, -0.1) is 0 Å². The van der Waals surface area contributed by atoms with E-state index in [9.17, 15) is 9.18 Å². The van der Waals surface area contributed by atoms with Crippen molar-refractivity contribution in [2.75, 3.05) is 13.8 Å². The Labute approximate surface area is 79.5 Å². The first-order valence-corrected chi connectivity index (χ1v) is 4.94. The minimum absolute atomic E-state index is 0.135. The second kappa shape index (κ2) is 9.49. The number of hydrogen-bond acceptors (Lipinski definition) is 2. The minimum Gasteiger partial charge on any atom is -0.469 e. The number of hydrogen-bond donors (Lipinski definition) is 0. The van der Waals surface area contributed by atoms with E-state index in [4.69, 9.17) is 0 Å². The predicted octanol–water partition coefficient (Wildman–Crippen LogP) is 2.86. The van der Waals surface area contributed by atoms with Gasteiger partial charge in [0.1, 0.15) is 0 Å². The van der Waals surface area contributed by atoms with Gasteiger partial charge in [-0.1, -0.05) is 25.7 Å². The third kappa shape index (κ3) is 9.31. The van der Waals surface area contributed by atoms with Crippen molar-refractivity contribution in [3.05, 3.63) is 0 Å². The lowest BCUT2D eigenvalue weighted by Crippen LogP contribution is -1.99. The zero-order valence-corrected chi connectivity index (χ0v) is 8.35. The molecule has 3 heteroatoms. The van der Waals surface area contributed by atoms with Crippen molar-refractivity contribution < 1.29 is 13.9 Å². The Kier molecular flexibility index (Phi) is 9.05. The zero-order valence-electron chi connectivity index (χ0n) is 8.35. The van der Waals surface area contributed by atoms with Crippen molar-refractivity contribution in [1.82, 2.24) is 0 Å². The van der Waals surface area contributed by atoms with Crippen LogP contribution in [0, 0.1) is 0 Å². The van der Waals surface area contributed by atoms with Crippen LogP contribution in [-0.2, 0) is 9.53 Å². The van der Waals surface area contributed by atoms with Crippen LogP contribution in [-0.4, -0.2) is 19.8 Å². The third-order valence-electron chi connectivity index (χ3n) is 1.99. The van der Waals surface area contributed by atoms with Crippen LogP contribution in [0.25, 0.3) is 0 Å². The molecule has 0 N–H and O–H groups in total. The maximum absolute atomic E-state index is 11.7. The standard InChI is InChI=1S/C10H19FO2/c1-13-10(12)8-6-4-2-3-5-7-9-11/h2-9H2,1H3. The first kappa shape index (κ1) is 12.4. The first-order chi connectivity index (χ1) is 6.31. The highest BCUT2D eigenvalue weighted by Crippen LogP contribution is 2.07. The molecule has 0 bridgehead atoms. The van der Waals surface area contributed by atoms with Crippen LogP contribution in [0.2, 0.25) is 0 Å². The van der Waals surface area contributed by atoms with Crippen molar-refractivity contribution in [1.29, 1.82) is 0 Å². The number of halogens is 1. The van der Waals surface area contributed by atoms with E-state index in [0.29, 0.717) is 12.8 Å². The van der Waals surface area contributed by atoms with E-state index in [1.54, 1.807) is 0 Å². The van der Waals surface area contributed by atoms with Gasteiger partial charge >= 0.3 is 5.97 Å². The molecule has 0 spiro atoms. The Morgan fingerprint density at radius 1 is 1.08 bits per heavy atom. The molecule has 13 heavy (non-hydrogen) atoms. The first-order valence-electron chi connectivity index (χ1n) is 4.94. The van der Waals surface area contributed by atoms with Gasteiger partial charge in [-0.05, 0) is 12.8 Å². The number of carbonyl (C=O) groups excluding carboxylic acids is 1. The Bertz CT molecular complexity index is 126. The van der Waals surface area contributed by atoms with E-state index < -0.39 is 0 Å². The van der Waals surface area contributed by atoms with Crippen molar-refractivity contribution in [2.24, 2.45) is 0 Å². The average molecular weight is 190 g/mol. The van der Waals surface area contributed by atoms with Gasteiger partial charge in [0.05, 0.1) is 13.8 Å². The van der Waals surface area contributed by atoms with Gasteiger partial charge in [-0.25, -0.2) is 0 Å². The number of rotatable bonds is 8. The SMILES string of the molecule is COC(=O)CCCCCCCCF. The van der Waals surface area contributed by atoms with Crippen LogP contribution in [0.3, 0.4) is 0 Å². The van der Waals surface area contributed by atoms with Crippen LogP contribution in [0.5, 0.6) is 0 Å². The van der Waals surface area contributed by atoms with Crippen molar-refractivity contribution in [3.63, 3.8) is 0 Å². The molecule has 0 rings (SSSR count). The highest BCUT2D eigenvalue weighted by Gasteiger charge is 1.98. The molecular weight excluding hydrogens is 171 g/mol. The lowest BCUT2D eigenvalue weighted by Gasteiger charge is -1.99. The van der Waals surface area contributed by atoms with Gasteiger partial charge in [-0.3, -0.25) is 9.18 Å². The summed E-state index contributed by atoms with van der Waals surface area (Å²) >= 11 is 0. The second-order valence-corrected chi connectivity index (χ2v) is 3.14. The molecule has 0 aliphatic rings. The van der Waals surface area contributed by atoms with Gasteiger partial charge in [0.2, 0.25) is 0 Å². The molecule has 0 radical (unpaired) electrons. The fourth-order valence-electron chi connectivity index (χ4n) is 1.17. The lowest BCUT2D eigenvalue weighted by atomic mass is 10.1. The molecule has 0 saturated carbocycles. The van der Waals surface area contributed by atoms with E-state index >= 15 is 0 Å². The van der Waals surface area contributed by atoms with Gasteiger partial charge in [0, 0.05) is 6.42 Å². The zero-order chi connectivity index (χ0) is 9.94. The number of ether oxygens (including phenoxy) is 1. The second-order valence-electron chi connectivity index (χ2n) is 3.14. The van der Waals surface area contributed by atoms with Crippen molar-refractivity contribution in [2.45, 2.75) is 44.9 Å². The fraction of sp³-hybridized carbons (Fsp3) is 0.900. The molecule has 0 aromatic rings. The highest BCUT2D eigenvalue weighted by molar-refractivity contribution is 5.68. The van der Waals surface area contributed by atoms with Gasteiger partial charge in [0.25, 0.3) is 0 Å². The van der Waals surface area contributed by atoms with Crippen molar-refractivity contribution >= 4 is 5.97 Å². The highest BCUT2D eigenvalue weighted by atomic mass is 19.1. The Hall–Kier alpha value is -0.600.